The van der Waals surface area contributed by atoms with Gasteiger partial charge in [-0.1, -0.05) is 30.4 Å². The van der Waals surface area contributed by atoms with Crippen molar-refractivity contribution < 1.29 is 19.0 Å². The number of carbonyl (C=O) groups excluding carboxylic acids is 1. The summed E-state index contributed by atoms with van der Waals surface area (Å²) in [5.41, 5.74) is 4.82. The van der Waals surface area contributed by atoms with Crippen LogP contribution in [0.5, 0.6) is 17.2 Å². The van der Waals surface area contributed by atoms with E-state index in [-0.39, 0.29) is 17.9 Å². The van der Waals surface area contributed by atoms with Gasteiger partial charge >= 0.3 is 0 Å². The average Bonchev–Trinajstić information content (AvgIpc) is 3.41. The number of hydrogen-bond donors (Lipinski definition) is 1. The van der Waals surface area contributed by atoms with Crippen LogP contribution in [0, 0.1) is 5.92 Å². The normalized spacial score (nSPS) is 19.8. The third-order valence-electron chi connectivity index (χ3n) is 7.10. The van der Waals surface area contributed by atoms with E-state index in [1.807, 2.05) is 67.7 Å². The van der Waals surface area contributed by atoms with E-state index in [0.29, 0.717) is 28.7 Å². The van der Waals surface area contributed by atoms with Crippen LogP contribution >= 0.6 is 0 Å². The number of rotatable bonds is 6. The van der Waals surface area contributed by atoms with Gasteiger partial charge in [-0.25, -0.2) is 0 Å². The number of anilines is 2. The summed E-state index contributed by atoms with van der Waals surface area (Å²) < 4.78 is 16.7. The van der Waals surface area contributed by atoms with Gasteiger partial charge in [0.2, 0.25) is 5.75 Å². The summed E-state index contributed by atoms with van der Waals surface area (Å²) in [7, 11) is 6.69. The Morgan fingerprint density at radius 2 is 1.66 bits per heavy atom. The molecule has 0 aromatic heterocycles. The number of benzene rings is 3. The van der Waals surface area contributed by atoms with Crippen molar-refractivity contribution in [3.05, 3.63) is 89.5 Å². The first-order chi connectivity index (χ1) is 17.0. The minimum absolute atomic E-state index is 0.0238. The zero-order valence-electron chi connectivity index (χ0n) is 20.4. The molecule has 0 spiro atoms. The van der Waals surface area contributed by atoms with E-state index >= 15 is 0 Å². The molecule has 6 nitrogen and oxygen atoms in total. The van der Waals surface area contributed by atoms with E-state index in [1.165, 1.54) is 0 Å². The molecule has 1 heterocycles. The van der Waals surface area contributed by atoms with Gasteiger partial charge in [-0.05, 0) is 65.9 Å². The molecule has 5 rings (SSSR count). The van der Waals surface area contributed by atoms with Crippen molar-refractivity contribution in [3.8, 4) is 17.2 Å². The number of para-hydroxylation sites is 1. The summed E-state index contributed by atoms with van der Waals surface area (Å²) >= 11 is 0. The lowest BCUT2D eigenvalue weighted by Crippen LogP contribution is -2.30. The van der Waals surface area contributed by atoms with E-state index in [9.17, 15) is 4.79 Å². The van der Waals surface area contributed by atoms with Crippen molar-refractivity contribution in [2.24, 2.45) is 5.92 Å². The molecule has 3 atom stereocenters. The van der Waals surface area contributed by atoms with Gasteiger partial charge in [0.15, 0.2) is 11.5 Å². The molecule has 0 radical (unpaired) electrons. The molecule has 0 saturated heterocycles. The standard InChI is InChI=1S/C29H30N2O4/c1-31(20-9-6-5-7-10-20)29(32)18-13-14-24-23(15-18)21-11-8-12-22(21)27(30-24)19-16-25(33-2)28(35-4)26(17-19)34-3/h5-11,13-17,21-22,27,30H,12H2,1-4H3. The zero-order valence-corrected chi connectivity index (χ0v) is 20.4. The van der Waals surface area contributed by atoms with Gasteiger partial charge in [0.25, 0.3) is 5.91 Å². The quantitative estimate of drug-likeness (QED) is 0.461. The molecule has 1 N–H and O–H groups in total. The van der Waals surface area contributed by atoms with Crippen molar-refractivity contribution >= 4 is 17.3 Å². The molecule has 3 aromatic rings. The lowest BCUT2D eigenvalue weighted by molar-refractivity contribution is 0.0993. The summed E-state index contributed by atoms with van der Waals surface area (Å²) in [6, 6.07) is 19.8. The lowest BCUT2D eigenvalue weighted by atomic mass is 9.76. The smallest absolute Gasteiger partial charge is 0.258 e. The van der Waals surface area contributed by atoms with Crippen molar-refractivity contribution in [3.63, 3.8) is 0 Å². The predicted octanol–water partition coefficient (Wildman–Crippen LogP) is 5.82. The molecule has 1 aliphatic heterocycles. The Bertz CT molecular complexity index is 1250. The maximum Gasteiger partial charge on any atom is 0.258 e. The van der Waals surface area contributed by atoms with Crippen molar-refractivity contribution in [1.29, 1.82) is 0 Å². The van der Waals surface area contributed by atoms with Crippen LogP contribution in [0.25, 0.3) is 0 Å². The van der Waals surface area contributed by atoms with Crippen molar-refractivity contribution in [2.45, 2.75) is 18.4 Å². The van der Waals surface area contributed by atoms with Gasteiger partial charge in [-0.2, -0.15) is 0 Å². The third-order valence-corrected chi connectivity index (χ3v) is 7.10. The van der Waals surface area contributed by atoms with E-state index < -0.39 is 0 Å². The molecule has 2 aliphatic rings. The molecule has 3 aromatic carbocycles. The Kier molecular flexibility index (Phi) is 6.12. The molecule has 0 saturated carbocycles. The van der Waals surface area contributed by atoms with E-state index in [4.69, 9.17) is 14.2 Å². The van der Waals surface area contributed by atoms with Crippen LogP contribution in [0.1, 0.15) is 39.9 Å². The summed E-state index contributed by atoms with van der Waals surface area (Å²) in [5, 5.41) is 3.74. The van der Waals surface area contributed by atoms with Gasteiger partial charge in [0.1, 0.15) is 0 Å². The number of ether oxygens (including phenoxy) is 3. The Morgan fingerprint density at radius 3 is 2.31 bits per heavy atom. The van der Waals surface area contributed by atoms with Crippen LogP contribution in [-0.4, -0.2) is 34.3 Å². The second-order valence-corrected chi connectivity index (χ2v) is 8.94. The third kappa shape index (κ3) is 3.99. The first-order valence-electron chi connectivity index (χ1n) is 11.8. The predicted molar refractivity (Wildman–Crippen MR) is 138 cm³/mol. The largest absolute Gasteiger partial charge is 0.493 e. The Balaban J connectivity index is 1.50. The molecule has 3 unspecified atom stereocenters. The molecular weight excluding hydrogens is 440 g/mol. The summed E-state index contributed by atoms with van der Waals surface area (Å²) in [4.78, 5) is 15.0. The minimum Gasteiger partial charge on any atom is -0.493 e. The fraction of sp³-hybridized carbons (Fsp3) is 0.276. The van der Waals surface area contributed by atoms with Gasteiger partial charge in [-0.15, -0.1) is 0 Å². The highest BCUT2D eigenvalue weighted by Crippen LogP contribution is 2.51. The number of methoxy groups -OCH3 is 3. The monoisotopic (exact) mass is 470 g/mol. The first kappa shape index (κ1) is 22.8. The topological polar surface area (TPSA) is 60.0 Å². The van der Waals surface area contributed by atoms with Gasteiger partial charge < -0.3 is 24.4 Å². The highest BCUT2D eigenvalue weighted by molar-refractivity contribution is 6.06. The Morgan fingerprint density at radius 1 is 0.943 bits per heavy atom. The molecule has 0 bridgehead atoms. The molecule has 6 heteroatoms. The van der Waals surface area contributed by atoms with Crippen molar-refractivity contribution in [1.82, 2.24) is 0 Å². The van der Waals surface area contributed by atoms with Crippen molar-refractivity contribution in [2.75, 3.05) is 38.6 Å². The Labute approximate surface area is 206 Å². The van der Waals surface area contributed by atoms with Crippen LogP contribution < -0.4 is 24.4 Å². The highest BCUT2D eigenvalue weighted by Gasteiger charge is 2.39. The SMILES string of the molecule is COc1cc(C2Nc3ccc(C(=O)N(C)c4ccccc4)cc3C3C=CCC32)cc(OC)c1OC. The maximum atomic E-state index is 13.3. The number of carbonyl (C=O) groups is 1. The summed E-state index contributed by atoms with van der Waals surface area (Å²) in [5.74, 6) is 2.36. The molecule has 35 heavy (non-hydrogen) atoms. The van der Waals surface area contributed by atoms with E-state index in [0.717, 1.165) is 28.9 Å². The molecule has 1 amide bonds. The lowest BCUT2D eigenvalue weighted by Gasteiger charge is -2.38. The highest BCUT2D eigenvalue weighted by atomic mass is 16.5. The average molecular weight is 471 g/mol. The number of allylic oxidation sites excluding steroid dienone is 2. The maximum absolute atomic E-state index is 13.3. The van der Waals surface area contributed by atoms with Crippen LogP contribution in [0.15, 0.2) is 72.8 Å². The molecule has 0 fully saturated rings. The first-order valence-corrected chi connectivity index (χ1v) is 11.8. The number of fused-ring (bicyclic) bond motifs is 3. The number of hydrogen-bond acceptors (Lipinski definition) is 5. The van der Waals surface area contributed by atoms with E-state index in [2.05, 4.69) is 17.5 Å². The second-order valence-electron chi connectivity index (χ2n) is 8.94. The van der Waals surface area contributed by atoms with Crippen LogP contribution in [0.4, 0.5) is 11.4 Å². The Hall–Kier alpha value is -3.93. The van der Waals surface area contributed by atoms with Crippen LogP contribution in [0.3, 0.4) is 0 Å². The summed E-state index contributed by atoms with van der Waals surface area (Å²) in [6.45, 7) is 0. The molecule has 180 valence electrons. The molecular formula is C29H30N2O4. The van der Waals surface area contributed by atoms with Crippen LogP contribution in [-0.2, 0) is 0 Å². The van der Waals surface area contributed by atoms with Gasteiger partial charge in [-0.3, -0.25) is 4.79 Å². The fourth-order valence-electron chi connectivity index (χ4n) is 5.30. The molecule has 1 aliphatic carbocycles. The zero-order chi connectivity index (χ0) is 24.5. The van der Waals surface area contributed by atoms with Gasteiger partial charge in [0.05, 0.1) is 27.4 Å². The van der Waals surface area contributed by atoms with E-state index in [1.54, 1.807) is 26.2 Å². The van der Waals surface area contributed by atoms with Crippen LogP contribution in [0.2, 0.25) is 0 Å². The summed E-state index contributed by atoms with van der Waals surface area (Å²) in [6.07, 6.45) is 5.45. The number of nitrogens with zero attached hydrogens (tertiary/aromatic N) is 1. The fourth-order valence-corrected chi connectivity index (χ4v) is 5.30. The number of amides is 1. The number of nitrogens with one attached hydrogen (secondary N) is 1. The minimum atomic E-state index is -0.0238. The second kappa shape index (κ2) is 9.37. The van der Waals surface area contributed by atoms with Gasteiger partial charge in [0, 0.05) is 29.9 Å².